The van der Waals surface area contributed by atoms with Crippen LogP contribution in [-0.4, -0.2) is 50.8 Å². The van der Waals surface area contributed by atoms with Crippen LogP contribution < -0.4 is 4.74 Å². The monoisotopic (exact) mass is 394 g/mol. The van der Waals surface area contributed by atoms with Crippen molar-refractivity contribution in [2.75, 3.05) is 5.75 Å². The van der Waals surface area contributed by atoms with E-state index in [4.69, 9.17) is 17.1 Å². The number of hydrogen-bond donors (Lipinski definition) is 1. The van der Waals surface area contributed by atoms with Gasteiger partial charge in [0.1, 0.15) is 17.1 Å². The maximum atomic E-state index is 12.9. The molecule has 1 aromatic rings. The van der Waals surface area contributed by atoms with Gasteiger partial charge in [-0.15, -0.1) is 0 Å². The van der Waals surface area contributed by atoms with Crippen molar-refractivity contribution in [2.24, 2.45) is 0 Å². The van der Waals surface area contributed by atoms with Crippen LogP contribution in [0.25, 0.3) is 0 Å². The highest BCUT2D eigenvalue weighted by Gasteiger charge is 2.45. The molecule has 12 heteroatoms. The number of benzene rings is 1. The summed E-state index contributed by atoms with van der Waals surface area (Å²) in [7, 11) is 0.338. The zero-order valence-electron chi connectivity index (χ0n) is 13.4. The van der Waals surface area contributed by atoms with Gasteiger partial charge in [-0.05, 0) is 12.1 Å². The van der Waals surface area contributed by atoms with Crippen LogP contribution in [0.3, 0.4) is 0 Å². The zero-order valence-corrected chi connectivity index (χ0v) is 14.3. The Hall–Kier alpha value is -2.08. The van der Waals surface area contributed by atoms with Crippen LogP contribution in [0.2, 0.25) is 0 Å². The van der Waals surface area contributed by atoms with E-state index < -0.39 is 45.7 Å². The van der Waals surface area contributed by atoms with Gasteiger partial charge < -0.3 is 9.47 Å². The number of carbonyl (C=O) groups excluding carboxylic acids is 2. The molecular weight excluding hydrogens is 380 g/mol. The second-order valence-electron chi connectivity index (χ2n) is 5.05. The van der Waals surface area contributed by atoms with Crippen LogP contribution in [0, 0.1) is 0 Å². The Bertz CT molecular complexity index is 777. The summed E-state index contributed by atoms with van der Waals surface area (Å²) in [6.45, 7) is 1.46. The van der Waals surface area contributed by atoms with Gasteiger partial charge in [-0.25, -0.2) is 4.79 Å². The highest BCUT2D eigenvalue weighted by molar-refractivity contribution is 7.85. The Morgan fingerprint density at radius 2 is 1.92 bits per heavy atom. The molecule has 0 aliphatic rings. The number of carbonyl (C=O) groups is 2. The molecule has 0 heterocycles. The lowest BCUT2D eigenvalue weighted by molar-refractivity contribution is -0.197. The topological polar surface area (TPSA) is 107 Å². The van der Waals surface area contributed by atoms with E-state index in [1.165, 1.54) is 19.1 Å². The van der Waals surface area contributed by atoms with Crippen LogP contribution in [0.15, 0.2) is 18.2 Å². The van der Waals surface area contributed by atoms with E-state index in [2.05, 4.69) is 4.74 Å². The number of alkyl halides is 3. The first-order valence-corrected chi connectivity index (χ1v) is 8.74. The Morgan fingerprint density at radius 3 is 2.38 bits per heavy atom. The van der Waals surface area contributed by atoms with Crippen LogP contribution in [-0.2, 0) is 26.0 Å². The van der Waals surface area contributed by atoms with Crippen molar-refractivity contribution in [3.63, 3.8) is 0 Å². The van der Waals surface area contributed by atoms with E-state index in [-0.39, 0.29) is 18.5 Å². The van der Waals surface area contributed by atoms with Crippen molar-refractivity contribution in [3.05, 3.63) is 29.3 Å². The Balaban J connectivity index is 3.19. The number of rotatable bonds is 7. The maximum absolute atomic E-state index is 12.9. The van der Waals surface area contributed by atoms with Crippen LogP contribution in [0.1, 0.15) is 29.3 Å². The van der Waals surface area contributed by atoms with Crippen LogP contribution in [0.4, 0.5) is 13.2 Å². The minimum atomic E-state index is -5.25. The van der Waals surface area contributed by atoms with Crippen molar-refractivity contribution in [2.45, 2.75) is 31.9 Å². The van der Waals surface area contributed by atoms with Gasteiger partial charge in [-0.2, -0.15) is 21.6 Å². The van der Waals surface area contributed by atoms with Crippen LogP contribution in [0.5, 0.6) is 5.75 Å². The van der Waals surface area contributed by atoms with Gasteiger partial charge >= 0.3 is 18.1 Å². The maximum Gasteiger partial charge on any atom is 0.426 e. The van der Waals surface area contributed by atoms with E-state index in [0.717, 1.165) is 6.07 Å². The predicted molar refractivity (Wildman–Crippen MR) is 83.5 cm³/mol. The fraction of sp³-hybridized carbons (Fsp3) is 0.429. The number of halogens is 3. The molecule has 1 aromatic carbocycles. The summed E-state index contributed by atoms with van der Waals surface area (Å²) in [6.07, 6.45) is -8.42. The third-order valence-electron chi connectivity index (χ3n) is 2.99. The standard InChI is InChI=1S/C14H14BF3O7S/c1-2-12(19)24-10-5-8(6-15)3-4-9(10)13(20)25-11(14(16,17)18)7-26(21,22)23/h3-5,11H,2,6-7H2,1H3,(H,21,22,23). The van der Waals surface area contributed by atoms with Crippen molar-refractivity contribution < 1.29 is 45.2 Å². The van der Waals surface area contributed by atoms with Crippen molar-refractivity contribution in [1.29, 1.82) is 0 Å². The summed E-state index contributed by atoms with van der Waals surface area (Å²) in [5, 5.41) is 0. The molecule has 1 rings (SSSR count). The van der Waals surface area contributed by atoms with Gasteiger partial charge in [0.15, 0.2) is 0 Å². The van der Waals surface area contributed by atoms with Gasteiger partial charge in [0.2, 0.25) is 6.10 Å². The van der Waals surface area contributed by atoms with Crippen LogP contribution >= 0.6 is 0 Å². The van der Waals surface area contributed by atoms with Gasteiger partial charge in [-0.1, -0.05) is 24.9 Å². The lowest BCUT2D eigenvalue weighted by Crippen LogP contribution is -2.39. The summed E-state index contributed by atoms with van der Waals surface area (Å²) in [5.74, 6) is -4.60. The summed E-state index contributed by atoms with van der Waals surface area (Å²) in [4.78, 5) is 23.5. The van der Waals surface area contributed by atoms with Crippen molar-refractivity contribution >= 4 is 29.9 Å². The molecule has 2 radical (unpaired) electrons. The molecule has 0 aromatic heterocycles. The minimum Gasteiger partial charge on any atom is -0.448 e. The molecule has 0 amide bonds. The average Bonchev–Trinajstić information content (AvgIpc) is 2.51. The fourth-order valence-electron chi connectivity index (χ4n) is 1.72. The normalized spacial score (nSPS) is 13.1. The first-order valence-electron chi connectivity index (χ1n) is 7.14. The Morgan fingerprint density at radius 1 is 1.31 bits per heavy atom. The predicted octanol–water partition coefficient (Wildman–Crippen LogP) is 1.65. The third-order valence-corrected chi connectivity index (χ3v) is 3.71. The molecular formula is C14H14BF3O7S. The molecule has 1 atom stereocenters. The van der Waals surface area contributed by atoms with E-state index >= 15 is 0 Å². The van der Waals surface area contributed by atoms with Crippen molar-refractivity contribution in [1.82, 2.24) is 0 Å². The SMILES string of the molecule is [B]Cc1ccc(C(=O)OC(CS(=O)(=O)O)C(F)(F)F)c(OC(=O)CC)c1. The summed E-state index contributed by atoms with van der Waals surface area (Å²) < 4.78 is 77.7. The molecule has 0 bridgehead atoms. The van der Waals surface area contributed by atoms with Gasteiger partial charge in [0, 0.05) is 6.42 Å². The third kappa shape index (κ3) is 6.67. The summed E-state index contributed by atoms with van der Waals surface area (Å²) >= 11 is 0. The second-order valence-corrected chi connectivity index (χ2v) is 6.54. The largest absolute Gasteiger partial charge is 0.448 e. The number of esters is 2. The highest BCUT2D eigenvalue weighted by atomic mass is 32.2. The molecule has 0 fully saturated rings. The quantitative estimate of drug-likeness (QED) is 0.324. The van der Waals surface area contributed by atoms with E-state index in [9.17, 15) is 31.2 Å². The van der Waals surface area contributed by atoms with E-state index in [1.807, 2.05) is 0 Å². The van der Waals surface area contributed by atoms with Crippen molar-refractivity contribution in [3.8, 4) is 5.75 Å². The summed E-state index contributed by atoms with van der Waals surface area (Å²) in [5.41, 5.74) is -0.112. The number of ether oxygens (including phenoxy) is 2. The Kier molecular flexibility index (Phi) is 7.21. The molecule has 0 aliphatic heterocycles. The van der Waals surface area contributed by atoms with E-state index in [0.29, 0.717) is 5.56 Å². The molecule has 0 spiro atoms. The molecule has 0 saturated heterocycles. The first-order chi connectivity index (χ1) is 11.9. The molecule has 1 unspecified atom stereocenters. The minimum absolute atomic E-state index is 0.0000642. The second kappa shape index (κ2) is 8.54. The molecule has 0 aliphatic carbocycles. The highest BCUT2D eigenvalue weighted by Crippen LogP contribution is 2.28. The Labute approximate surface area is 148 Å². The lowest BCUT2D eigenvalue weighted by Gasteiger charge is -2.20. The molecule has 7 nitrogen and oxygen atoms in total. The molecule has 1 N–H and O–H groups in total. The van der Waals surface area contributed by atoms with E-state index in [1.54, 1.807) is 0 Å². The lowest BCUT2D eigenvalue weighted by atomic mass is 9.96. The number of hydrogen-bond acceptors (Lipinski definition) is 6. The fourth-order valence-corrected chi connectivity index (χ4v) is 2.36. The molecule has 26 heavy (non-hydrogen) atoms. The van der Waals surface area contributed by atoms with Gasteiger partial charge in [0.05, 0.1) is 7.85 Å². The smallest absolute Gasteiger partial charge is 0.426 e. The average molecular weight is 394 g/mol. The van der Waals surface area contributed by atoms with Gasteiger partial charge in [0.25, 0.3) is 10.1 Å². The first kappa shape index (κ1) is 22.0. The zero-order chi connectivity index (χ0) is 20.1. The molecule has 142 valence electrons. The molecule has 0 saturated carbocycles. The summed E-state index contributed by atoms with van der Waals surface area (Å²) in [6, 6.07) is 3.50. The van der Waals surface area contributed by atoms with Gasteiger partial charge in [-0.3, -0.25) is 9.35 Å².